The Bertz CT molecular complexity index is 1400. The summed E-state index contributed by atoms with van der Waals surface area (Å²) in [5.74, 6) is 0.365. The highest BCUT2D eigenvalue weighted by Gasteiger charge is 2.16. The van der Waals surface area contributed by atoms with Crippen molar-refractivity contribution in [3.63, 3.8) is 0 Å². The zero-order valence-electron chi connectivity index (χ0n) is 19.5. The van der Waals surface area contributed by atoms with Crippen LogP contribution >= 0.6 is 23.2 Å². The van der Waals surface area contributed by atoms with Crippen molar-refractivity contribution in [1.29, 1.82) is 0 Å². The molecule has 1 aromatic heterocycles. The quantitative estimate of drug-likeness (QED) is 0.274. The smallest absolute Gasteiger partial charge is 0.248 e. The van der Waals surface area contributed by atoms with Crippen molar-refractivity contribution in [2.45, 2.75) is 27.7 Å². The Kier molecular flexibility index (Phi) is 7.01. The van der Waals surface area contributed by atoms with Gasteiger partial charge in [0.15, 0.2) is 0 Å². The van der Waals surface area contributed by atoms with Crippen molar-refractivity contribution in [2.75, 3.05) is 11.9 Å². The monoisotopic (exact) mass is 493 g/mol. The van der Waals surface area contributed by atoms with Crippen LogP contribution in [0.3, 0.4) is 0 Å². The van der Waals surface area contributed by atoms with Gasteiger partial charge in [0.25, 0.3) is 0 Å². The van der Waals surface area contributed by atoms with Gasteiger partial charge < -0.3 is 14.5 Å². The number of carbonyl (C=O) groups excluding carboxylic acids is 1. The van der Waals surface area contributed by atoms with Crippen LogP contribution in [-0.4, -0.2) is 12.5 Å². The summed E-state index contributed by atoms with van der Waals surface area (Å²) in [7, 11) is 0. The molecule has 6 heteroatoms. The molecule has 1 N–H and O–H groups in total. The summed E-state index contributed by atoms with van der Waals surface area (Å²) in [4.78, 5) is 12.7. The first-order chi connectivity index (χ1) is 16.2. The van der Waals surface area contributed by atoms with Crippen molar-refractivity contribution in [2.24, 2.45) is 0 Å². The number of ether oxygens (including phenoxy) is 1. The third-order valence-corrected chi connectivity index (χ3v) is 5.99. The highest BCUT2D eigenvalue weighted by Crippen LogP contribution is 2.38. The molecule has 4 nitrogen and oxygen atoms in total. The summed E-state index contributed by atoms with van der Waals surface area (Å²) < 4.78 is 11.8. The van der Waals surface area contributed by atoms with Crippen molar-refractivity contribution in [3.8, 4) is 16.9 Å². The molecule has 4 aromatic rings. The molecule has 34 heavy (non-hydrogen) atoms. The number of allylic oxidation sites excluding steroid dienone is 1. The second-order valence-electron chi connectivity index (χ2n) is 8.22. The Morgan fingerprint density at radius 2 is 1.76 bits per heavy atom. The lowest BCUT2D eigenvalue weighted by atomic mass is 9.96. The zero-order valence-corrected chi connectivity index (χ0v) is 21.0. The molecule has 0 bridgehead atoms. The van der Waals surface area contributed by atoms with Gasteiger partial charge in [-0.15, -0.1) is 0 Å². The molecule has 1 heterocycles. The van der Waals surface area contributed by atoms with E-state index in [-0.39, 0.29) is 5.91 Å². The van der Waals surface area contributed by atoms with Gasteiger partial charge in [0.1, 0.15) is 11.3 Å². The minimum Gasteiger partial charge on any atom is -0.493 e. The Morgan fingerprint density at radius 3 is 2.44 bits per heavy atom. The summed E-state index contributed by atoms with van der Waals surface area (Å²) in [6.45, 7) is 8.46. The summed E-state index contributed by atoms with van der Waals surface area (Å²) in [6.07, 6.45) is 3.31. The standard InChI is InChI=1S/C28H25Cl2NO3/c1-5-33-26-14-27-24(25(15-34-27)22-7-6-16(2)8-17(22)3)13-23(26)18(4)9-28(32)31-21-11-19(29)10-20(30)12-21/h6-15H,5H2,1-4H3,(H,31,32)/b18-9+. The van der Waals surface area contributed by atoms with Crippen LogP contribution in [0.15, 0.2) is 65.3 Å². The van der Waals surface area contributed by atoms with Crippen molar-refractivity contribution >= 4 is 51.3 Å². The van der Waals surface area contributed by atoms with Gasteiger partial charge in [-0.3, -0.25) is 4.79 Å². The highest BCUT2D eigenvalue weighted by atomic mass is 35.5. The summed E-state index contributed by atoms with van der Waals surface area (Å²) in [6, 6.07) is 15.2. The van der Waals surface area contributed by atoms with E-state index in [4.69, 9.17) is 32.4 Å². The first-order valence-electron chi connectivity index (χ1n) is 11.0. The van der Waals surface area contributed by atoms with Crippen molar-refractivity contribution in [1.82, 2.24) is 0 Å². The molecule has 1 amide bonds. The van der Waals surface area contributed by atoms with Gasteiger partial charge in [0.05, 0.1) is 12.9 Å². The zero-order chi connectivity index (χ0) is 24.4. The van der Waals surface area contributed by atoms with Gasteiger partial charge in [-0.1, -0.05) is 47.0 Å². The van der Waals surface area contributed by atoms with Gasteiger partial charge in [-0.25, -0.2) is 0 Å². The van der Waals surface area contributed by atoms with E-state index in [9.17, 15) is 4.79 Å². The van der Waals surface area contributed by atoms with Crippen LogP contribution in [0.25, 0.3) is 27.7 Å². The molecular formula is C28H25Cl2NO3. The molecule has 0 aliphatic carbocycles. The van der Waals surface area contributed by atoms with Crippen molar-refractivity contribution in [3.05, 3.63) is 87.6 Å². The molecule has 174 valence electrons. The SMILES string of the molecule is CCOc1cc2occ(-c3ccc(C)cc3C)c2cc1/C(C)=C/C(=O)Nc1cc(Cl)cc(Cl)c1. The number of amides is 1. The summed E-state index contributed by atoms with van der Waals surface area (Å²) in [5, 5.41) is 4.67. The Morgan fingerprint density at radius 1 is 1.03 bits per heavy atom. The predicted octanol–water partition coefficient (Wildman–Crippen LogP) is 8.46. The number of furan rings is 1. The number of hydrogen-bond acceptors (Lipinski definition) is 3. The molecule has 3 aromatic carbocycles. The number of fused-ring (bicyclic) bond motifs is 1. The molecule has 0 saturated carbocycles. The lowest BCUT2D eigenvalue weighted by Gasteiger charge is -2.12. The fourth-order valence-electron chi connectivity index (χ4n) is 4.04. The third-order valence-electron chi connectivity index (χ3n) is 5.55. The Labute approximate surface area is 209 Å². The normalized spacial score (nSPS) is 11.6. The Hall–Kier alpha value is -3.21. The molecule has 0 fully saturated rings. The second-order valence-corrected chi connectivity index (χ2v) is 9.09. The lowest BCUT2D eigenvalue weighted by Crippen LogP contribution is -2.08. The number of halogens is 2. The van der Waals surface area contributed by atoms with E-state index in [1.54, 1.807) is 24.5 Å². The third kappa shape index (κ3) is 5.14. The van der Waals surface area contributed by atoms with Gasteiger partial charge in [-0.05, 0) is 68.7 Å². The summed E-state index contributed by atoms with van der Waals surface area (Å²) in [5.41, 5.74) is 7.32. The molecular weight excluding hydrogens is 469 g/mol. The molecule has 0 radical (unpaired) electrons. The number of benzene rings is 3. The van der Waals surface area contributed by atoms with Gasteiger partial charge in [-0.2, -0.15) is 0 Å². The molecule has 4 rings (SSSR count). The maximum Gasteiger partial charge on any atom is 0.248 e. The van der Waals surface area contributed by atoms with Crippen LogP contribution in [0.2, 0.25) is 10.0 Å². The summed E-state index contributed by atoms with van der Waals surface area (Å²) >= 11 is 12.1. The van der Waals surface area contributed by atoms with E-state index in [0.717, 1.165) is 33.2 Å². The second kappa shape index (κ2) is 9.96. The molecule has 0 atom stereocenters. The number of rotatable bonds is 6. The van der Waals surface area contributed by atoms with Gasteiger partial charge in [0, 0.05) is 44.4 Å². The van der Waals surface area contributed by atoms with E-state index in [0.29, 0.717) is 28.1 Å². The van der Waals surface area contributed by atoms with E-state index >= 15 is 0 Å². The number of anilines is 1. The molecule has 0 aliphatic heterocycles. The number of nitrogens with one attached hydrogen (secondary N) is 1. The van der Waals surface area contributed by atoms with E-state index in [2.05, 4.69) is 37.4 Å². The van der Waals surface area contributed by atoms with Crippen LogP contribution in [0.1, 0.15) is 30.5 Å². The van der Waals surface area contributed by atoms with Crippen LogP contribution in [0.4, 0.5) is 5.69 Å². The fraction of sp³-hybridized carbons (Fsp3) is 0.179. The lowest BCUT2D eigenvalue weighted by molar-refractivity contribution is -0.111. The number of hydrogen-bond donors (Lipinski definition) is 1. The Balaban J connectivity index is 1.74. The number of aryl methyl sites for hydroxylation is 2. The van der Waals surface area contributed by atoms with E-state index in [1.165, 1.54) is 17.2 Å². The largest absolute Gasteiger partial charge is 0.493 e. The van der Waals surface area contributed by atoms with Crippen LogP contribution < -0.4 is 10.1 Å². The van der Waals surface area contributed by atoms with Gasteiger partial charge >= 0.3 is 0 Å². The van der Waals surface area contributed by atoms with Crippen molar-refractivity contribution < 1.29 is 13.9 Å². The maximum absolute atomic E-state index is 12.7. The number of carbonyl (C=O) groups is 1. The average molecular weight is 494 g/mol. The molecule has 0 spiro atoms. The highest BCUT2D eigenvalue weighted by molar-refractivity contribution is 6.35. The predicted molar refractivity (Wildman–Crippen MR) is 141 cm³/mol. The van der Waals surface area contributed by atoms with Crippen LogP contribution in [-0.2, 0) is 4.79 Å². The molecule has 0 unspecified atom stereocenters. The first kappa shape index (κ1) is 23.9. The minimum atomic E-state index is -0.292. The fourth-order valence-corrected chi connectivity index (χ4v) is 4.57. The topological polar surface area (TPSA) is 51.5 Å². The molecule has 0 saturated heterocycles. The van der Waals surface area contributed by atoms with E-state index < -0.39 is 0 Å². The maximum atomic E-state index is 12.7. The minimum absolute atomic E-state index is 0.292. The first-order valence-corrected chi connectivity index (χ1v) is 11.7. The van der Waals surface area contributed by atoms with Crippen LogP contribution in [0, 0.1) is 13.8 Å². The van der Waals surface area contributed by atoms with Crippen LogP contribution in [0.5, 0.6) is 5.75 Å². The average Bonchev–Trinajstić information content (AvgIpc) is 3.15. The molecule has 0 aliphatic rings. The van der Waals surface area contributed by atoms with E-state index in [1.807, 2.05) is 26.0 Å². The van der Waals surface area contributed by atoms with Gasteiger partial charge in [0.2, 0.25) is 5.91 Å².